The van der Waals surface area contributed by atoms with Crippen LogP contribution in [0.1, 0.15) is 31.1 Å². The Balaban J connectivity index is 1.85. The number of carbonyl (C=O) groups excluding carboxylic acids is 3. The number of benzene rings is 2. The van der Waals surface area contributed by atoms with Gasteiger partial charge in [-0.3, -0.25) is 10.1 Å². The molecule has 0 aliphatic carbocycles. The van der Waals surface area contributed by atoms with Crippen LogP contribution in [0.2, 0.25) is 0 Å². The van der Waals surface area contributed by atoms with E-state index in [1.165, 1.54) is 12.1 Å². The highest BCUT2D eigenvalue weighted by Gasteiger charge is 2.16. The van der Waals surface area contributed by atoms with E-state index >= 15 is 0 Å². The third-order valence-electron chi connectivity index (χ3n) is 3.25. The second-order valence-corrected chi connectivity index (χ2v) is 7.66. The summed E-state index contributed by atoms with van der Waals surface area (Å²) < 4.78 is 10.9. The van der Waals surface area contributed by atoms with Crippen LogP contribution in [0.5, 0.6) is 0 Å². The van der Waals surface area contributed by atoms with Crippen molar-refractivity contribution in [1.29, 1.82) is 0 Å². The second-order valence-electron chi connectivity index (χ2n) is 6.81. The molecular weight excluding hydrogens is 428 g/mol. The van der Waals surface area contributed by atoms with Gasteiger partial charge in [-0.05, 0) is 73.1 Å². The van der Waals surface area contributed by atoms with E-state index in [4.69, 9.17) is 9.47 Å². The van der Waals surface area contributed by atoms with Gasteiger partial charge in [-0.25, -0.2) is 9.59 Å². The number of para-hydroxylation sites is 1. The molecule has 0 aliphatic heterocycles. The fourth-order valence-corrected chi connectivity index (χ4v) is 2.46. The summed E-state index contributed by atoms with van der Waals surface area (Å²) >= 11 is 3.32. The van der Waals surface area contributed by atoms with Crippen LogP contribution in [-0.4, -0.2) is 30.2 Å². The standard InChI is InChI=1S/C20H21BrN2O5/c1-20(2,3)28-19(26)22-14-10-8-13(9-11-14)18(25)27-12-17(24)23-16-7-5-4-6-15(16)21/h4-11H,12H2,1-3H3,(H,22,26)(H,23,24). The lowest BCUT2D eigenvalue weighted by Crippen LogP contribution is -2.27. The van der Waals surface area contributed by atoms with E-state index in [2.05, 4.69) is 26.6 Å². The molecule has 2 aromatic carbocycles. The van der Waals surface area contributed by atoms with Crippen molar-refractivity contribution in [2.45, 2.75) is 26.4 Å². The molecule has 2 rings (SSSR count). The Morgan fingerprint density at radius 2 is 1.61 bits per heavy atom. The molecule has 7 nitrogen and oxygen atoms in total. The van der Waals surface area contributed by atoms with Gasteiger partial charge in [0, 0.05) is 10.2 Å². The van der Waals surface area contributed by atoms with E-state index in [0.717, 1.165) is 4.47 Å². The monoisotopic (exact) mass is 448 g/mol. The van der Waals surface area contributed by atoms with Crippen LogP contribution >= 0.6 is 15.9 Å². The summed E-state index contributed by atoms with van der Waals surface area (Å²) in [6.07, 6.45) is -0.591. The van der Waals surface area contributed by atoms with Gasteiger partial charge in [0.15, 0.2) is 6.61 Å². The van der Waals surface area contributed by atoms with Crippen LogP contribution < -0.4 is 10.6 Å². The molecule has 0 aliphatic rings. The average molecular weight is 449 g/mol. The van der Waals surface area contributed by atoms with E-state index in [1.54, 1.807) is 51.1 Å². The summed E-state index contributed by atoms with van der Waals surface area (Å²) in [4.78, 5) is 35.7. The van der Waals surface area contributed by atoms with Crippen molar-refractivity contribution in [2.24, 2.45) is 0 Å². The maximum atomic E-state index is 12.1. The molecule has 2 aromatic rings. The lowest BCUT2D eigenvalue weighted by atomic mass is 10.2. The van der Waals surface area contributed by atoms with Gasteiger partial charge in [-0.15, -0.1) is 0 Å². The molecule has 0 saturated heterocycles. The normalized spacial score (nSPS) is 10.7. The first kappa shape index (κ1) is 21.4. The zero-order valence-electron chi connectivity index (χ0n) is 15.7. The maximum Gasteiger partial charge on any atom is 0.412 e. The SMILES string of the molecule is CC(C)(C)OC(=O)Nc1ccc(C(=O)OCC(=O)Nc2ccccc2Br)cc1. The number of carbonyl (C=O) groups is 3. The van der Waals surface area contributed by atoms with Crippen LogP contribution in [0.25, 0.3) is 0 Å². The minimum Gasteiger partial charge on any atom is -0.452 e. The van der Waals surface area contributed by atoms with E-state index in [-0.39, 0.29) is 5.56 Å². The molecule has 0 bridgehead atoms. The third kappa shape index (κ3) is 7.03. The quantitative estimate of drug-likeness (QED) is 0.652. The predicted octanol–water partition coefficient (Wildman–Crippen LogP) is 4.59. The van der Waals surface area contributed by atoms with Gasteiger partial charge in [0.1, 0.15) is 5.60 Å². The van der Waals surface area contributed by atoms with Crippen molar-refractivity contribution in [3.8, 4) is 0 Å². The lowest BCUT2D eigenvalue weighted by Gasteiger charge is -2.19. The summed E-state index contributed by atoms with van der Waals surface area (Å²) in [5.41, 5.74) is 0.700. The van der Waals surface area contributed by atoms with E-state index in [0.29, 0.717) is 11.4 Å². The zero-order chi connectivity index (χ0) is 20.7. The Kier molecular flexibility index (Phi) is 7.17. The van der Waals surface area contributed by atoms with Gasteiger partial charge < -0.3 is 14.8 Å². The van der Waals surface area contributed by atoms with Crippen molar-refractivity contribution < 1.29 is 23.9 Å². The van der Waals surface area contributed by atoms with Gasteiger partial charge >= 0.3 is 12.1 Å². The molecule has 0 unspecified atom stereocenters. The summed E-state index contributed by atoms with van der Waals surface area (Å²) in [5.74, 6) is -1.10. The Morgan fingerprint density at radius 3 is 2.21 bits per heavy atom. The zero-order valence-corrected chi connectivity index (χ0v) is 17.3. The number of amides is 2. The fourth-order valence-electron chi connectivity index (χ4n) is 2.07. The molecule has 0 atom stereocenters. The topological polar surface area (TPSA) is 93.7 Å². The minimum absolute atomic E-state index is 0.253. The van der Waals surface area contributed by atoms with Gasteiger partial charge in [0.25, 0.3) is 5.91 Å². The van der Waals surface area contributed by atoms with Crippen LogP contribution in [0, 0.1) is 0 Å². The summed E-state index contributed by atoms with van der Waals surface area (Å²) in [6.45, 7) is 4.87. The minimum atomic E-state index is -0.647. The molecule has 0 spiro atoms. The molecule has 0 fully saturated rings. The Bertz CT molecular complexity index is 860. The summed E-state index contributed by atoms with van der Waals surface area (Å²) in [5, 5.41) is 5.21. The van der Waals surface area contributed by atoms with Gasteiger partial charge in [-0.2, -0.15) is 0 Å². The molecule has 0 aromatic heterocycles. The Hall–Kier alpha value is -2.87. The highest BCUT2D eigenvalue weighted by Crippen LogP contribution is 2.21. The number of hydrogen-bond acceptors (Lipinski definition) is 5. The molecule has 2 amide bonds. The second kappa shape index (κ2) is 9.36. The molecule has 28 heavy (non-hydrogen) atoms. The lowest BCUT2D eigenvalue weighted by molar-refractivity contribution is -0.119. The number of esters is 1. The largest absolute Gasteiger partial charge is 0.452 e. The molecular formula is C20H21BrN2O5. The Morgan fingerprint density at radius 1 is 0.964 bits per heavy atom. The molecule has 0 heterocycles. The number of hydrogen-bond donors (Lipinski definition) is 2. The molecule has 0 saturated carbocycles. The highest BCUT2D eigenvalue weighted by atomic mass is 79.9. The van der Waals surface area contributed by atoms with E-state index in [9.17, 15) is 14.4 Å². The number of ether oxygens (including phenoxy) is 2. The van der Waals surface area contributed by atoms with Crippen molar-refractivity contribution in [3.63, 3.8) is 0 Å². The molecule has 8 heteroatoms. The smallest absolute Gasteiger partial charge is 0.412 e. The maximum absolute atomic E-state index is 12.1. The molecule has 0 radical (unpaired) electrons. The van der Waals surface area contributed by atoms with E-state index in [1.807, 2.05) is 6.07 Å². The molecule has 148 valence electrons. The van der Waals surface area contributed by atoms with Crippen LogP contribution in [0.15, 0.2) is 53.0 Å². The summed E-state index contributed by atoms with van der Waals surface area (Å²) in [7, 11) is 0. The van der Waals surface area contributed by atoms with E-state index < -0.39 is 30.2 Å². The van der Waals surface area contributed by atoms with Crippen LogP contribution in [0.3, 0.4) is 0 Å². The van der Waals surface area contributed by atoms with Gasteiger partial charge in [0.2, 0.25) is 0 Å². The summed E-state index contributed by atoms with van der Waals surface area (Å²) in [6, 6.07) is 13.2. The van der Waals surface area contributed by atoms with Crippen molar-refractivity contribution >= 4 is 45.3 Å². The number of anilines is 2. The van der Waals surface area contributed by atoms with Gasteiger partial charge in [0.05, 0.1) is 11.3 Å². The van der Waals surface area contributed by atoms with Crippen LogP contribution in [0.4, 0.5) is 16.2 Å². The first-order valence-corrected chi connectivity index (χ1v) is 9.25. The van der Waals surface area contributed by atoms with Crippen molar-refractivity contribution in [1.82, 2.24) is 0 Å². The predicted molar refractivity (Wildman–Crippen MR) is 109 cm³/mol. The third-order valence-corrected chi connectivity index (χ3v) is 3.94. The van der Waals surface area contributed by atoms with Crippen molar-refractivity contribution in [3.05, 3.63) is 58.6 Å². The highest BCUT2D eigenvalue weighted by molar-refractivity contribution is 9.10. The molecule has 2 N–H and O–H groups in total. The first-order chi connectivity index (χ1) is 13.1. The van der Waals surface area contributed by atoms with Crippen molar-refractivity contribution in [2.75, 3.05) is 17.2 Å². The van der Waals surface area contributed by atoms with Crippen LogP contribution in [-0.2, 0) is 14.3 Å². The average Bonchev–Trinajstić information content (AvgIpc) is 2.60. The first-order valence-electron chi connectivity index (χ1n) is 8.45. The number of halogens is 1. The number of rotatable bonds is 5. The Labute approximate surface area is 171 Å². The van der Waals surface area contributed by atoms with Gasteiger partial charge in [-0.1, -0.05) is 12.1 Å². The number of nitrogens with one attached hydrogen (secondary N) is 2. The fraction of sp³-hybridized carbons (Fsp3) is 0.250.